The Kier molecular flexibility index (Phi) is 2.73. The average Bonchev–Trinajstić information content (AvgIpc) is 2.72. The van der Waals surface area contributed by atoms with Crippen LogP contribution >= 0.6 is 0 Å². The lowest BCUT2D eigenvalue weighted by atomic mass is 9.81. The lowest BCUT2D eigenvalue weighted by Gasteiger charge is -2.36. The Morgan fingerprint density at radius 1 is 1.62 bits per heavy atom. The minimum Gasteiger partial charge on any atom is -0.475 e. The van der Waals surface area contributed by atoms with Gasteiger partial charge in [-0.15, -0.1) is 0 Å². The summed E-state index contributed by atoms with van der Waals surface area (Å²) in [5.41, 5.74) is -1.06. The number of carbonyl (C=O) groups is 1. The Bertz CT molecular complexity index is 400. The maximum absolute atomic E-state index is 10.7. The van der Waals surface area contributed by atoms with Gasteiger partial charge < -0.3 is 19.9 Å². The average molecular weight is 225 g/mol. The minimum atomic E-state index is -1.11. The van der Waals surface area contributed by atoms with Gasteiger partial charge in [-0.1, -0.05) is 6.92 Å². The van der Waals surface area contributed by atoms with Crippen molar-refractivity contribution in [1.29, 1.82) is 0 Å². The van der Waals surface area contributed by atoms with E-state index in [0.29, 0.717) is 25.3 Å². The normalized spacial score (nSPS) is 30.2. The molecule has 2 heterocycles. The fraction of sp³-hybridized carbons (Fsp3) is 0.545. The monoisotopic (exact) mass is 225 g/mol. The second kappa shape index (κ2) is 3.92. The number of carboxylic acids is 1. The first-order valence-corrected chi connectivity index (χ1v) is 5.31. The largest absolute Gasteiger partial charge is 0.475 e. The summed E-state index contributed by atoms with van der Waals surface area (Å²) in [6.45, 7) is 3.30. The molecular formula is C11H15NO4. The van der Waals surface area contributed by atoms with Gasteiger partial charge in [0, 0.05) is 12.5 Å². The maximum atomic E-state index is 10.7. The van der Waals surface area contributed by atoms with Crippen molar-refractivity contribution in [3.63, 3.8) is 0 Å². The minimum absolute atomic E-state index is 0.00551. The van der Waals surface area contributed by atoms with Crippen LogP contribution in [0.15, 0.2) is 16.5 Å². The van der Waals surface area contributed by atoms with E-state index >= 15 is 0 Å². The summed E-state index contributed by atoms with van der Waals surface area (Å²) in [5.74, 6) is -0.904. The van der Waals surface area contributed by atoms with Crippen molar-refractivity contribution in [3.8, 4) is 0 Å². The van der Waals surface area contributed by atoms with Crippen LogP contribution in [0.2, 0.25) is 0 Å². The van der Waals surface area contributed by atoms with Crippen LogP contribution in [0.1, 0.15) is 29.7 Å². The molecule has 0 aliphatic carbocycles. The molecule has 0 spiro atoms. The van der Waals surface area contributed by atoms with E-state index in [1.54, 1.807) is 6.07 Å². The number of hydrogen-bond donors (Lipinski definition) is 3. The van der Waals surface area contributed by atoms with E-state index in [1.165, 1.54) is 6.07 Å². The molecule has 0 saturated carbocycles. The summed E-state index contributed by atoms with van der Waals surface area (Å²) >= 11 is 0. The van der Waals surface area contributed by atoms with Gasteiger partial charge in [-0.3, -0.25) is 0 Å². The van der Waals surface area contributed by atoms with Crippen molar-refractivity contribution in [2.75, 3.05) is 13.1 Å². The molecule has 0 aromatic carbocycles. The van der Waals surface area contributed by atoms with Crippen LogP contribution in [0.4, 0.5) is 0 Å². The standard InChI is InChI=1S/C11H15NO4/c1-7-6-12-5-4-11(7,15)9-3-2-8(16-9)10(13)14/h2-3,7,12,15H,4-6H2,1H3,(H,13,14). The number of nitrogens with one attached hydrogen (secondary N) is 1. The van der Waals surface area contributed by atoms with Crippen molar-refractivity contribution in [1.82, 2.24) is 5.32 Å². The summed E-state index contributed by atoms with van der Waals surface area (Å²) in [4.78, 5) is 10.7. The zero-order chi connectivity index (χ0) is 11.8. The number of furan rings is 1. The molecule has 2 rings (SSSR count). The van der Waals surface area contributed by atoms with Gasteiger partial charge in [0.15, 0.2) is 0 Å². The van der Waals surface area contributed by atoms with E-state index in [-0.39, 0.29) is 11.7 Å². The molecule has 1 saturated heterocycles. The fourth-order valence-corrected chi connectivity index (χ4v) is 2.06. The van der Waals surface area contributed by atoms with E-state index in [4.69, 9.17) is 9.52 Å². The van der Waals surface area contributed by atoms with Crippen LogP contribution in [0.25, 0.3) is 0 Å². The van der Waals surface area contributed by atoms with Gasteiger partial charge in [-0.25, -0.2) is 4.79 Å². The third-order valence-electron chi connectivity index (χ3n) is 3.19. The molecule has 3 N–H and O–H groups in total. The highest BCUT2D eigenvalue weighted by Crippen LogP contribution is 2.35. The van der Waals surface area contributed by atoms with Crippen LogP contribution in [-0.2, 0) is 5.60 Å². The number of carboxylic acid groups (broad SMARTS) is 1. The van der Waals surface area contributed by atoms with Crippen LogP contribution in [0.3, 0.4) is 0 Å². The molecule has 1 fully saturated rings. The molecule has 1 aromatic rings. The van der Waals surface area contributed by atoms with Crippen molar-refractivity contribution in [2.24, 2.45) is 5.92 Å². The van der Waals surface area contributed by atoms with Gasteiger partial charge in [-0.2, -0.15) is 0 Å². The first kappa shape index (κ1) is 11.2. The molecule has 1 aliphatic heterocycles. The Morgan fingerprint density at radius 2 is 2.38 bits per heavy atom. The molecule has 0 amide bonds. The van der Waals surface area contributed by atoms with E-state index in [0.717, 1.165) is 0 Å². The first-order chi connectivity index (χ1) is 7.54. The van der Waals surface area contributed by atoms with Crippen molar-refractivity contribution in [2.45, 2.75) is 18.9 Å². The molecule has 88 valence electrons. The van der Waals surface area contributed by atoms with E-state index in [1.807, 2.05) is 6.92 Å². The van der Waals surface area contributed by atoms with E-state index < -0.39 is 11.6 Å². The highest BCUT2D eigenvalue weighted by molar-refractivity contribution is 5.84. The molecule has 2 atom stereocenters. The molecule has 16 heavy (non-hydrogen) atoms. The van der Waals surface area contributed by atoms with Crippen molar-refractivity contribution in [3.05, 3.63) is 23.7 Å². The third-order valence-corrected chi connectivity index (χ3v) is 3.19. The molecule has 0 bridgehead atoms. The summed E-state index contributed by atoms with van der Waals surface area (Å²) < 4.78 is 5.18. The second-order valence-corrected chi connectivity index (χ2v) is 4.25. The smallest absolute Gasteiger partial charge is 0.371 e. The van der Waals surface area contributed by atoms with Gasteiger partial charge in [0.1, 0.15) is 11.4 Å². The van der Waals surface area contributed by atoms with Crippen LogP contribution in [-0.4, -0.2) is 29.3 Å². The topological polar surface area (TPSA) is 82.7 Å². The summed E-state index contributed by atoms with van der Waals surface area (Å²) in [7, 11) is 0. The summed E-state index contributed by atoms with van der Waals surface area (Å²) in [5, 5.41) is 22.4. The molecule has 5 heteroatoms. The van der Waals surface area contributed by atoms with Gasteiger partial charge >= 0.3 is 5.97 Å². The number of aromatic carboxylic acids is 1. The highest BCUT2D eigenvalue weighted by Gasteiger charge is 2.40. The van der Waals surface area contributed by atoms with E-state index in [2.05, 4.69) is 5.32 Å². The third kappa shape index (κ3) is 1.72. The van der Waals surface area contributed by atoms with Crippen molar-refractivity contribution < 1.29 is 19.4 Å². The predicted octanol–water partition coefficient (Wildman–Crippen LogP) is 0.795. The van der Waals surface area contributed by atoms with E-state index in [9.17, 15) is 9.90 Å². The highest BCUT2D eigenvalue weighted by atomic mass is 16.4. The zero-order valence-electron chi connectivity index (χ0n) is 9.06. The zero-order valence-corrected chi connectivity index (χ0v) is 9.06. The number of rotatable bonds is 2. The maximum Gasteiger partial charge on any atom is 0.371 e. The molecule has 2 unspecified atom stereocenters. The number of hydrogen-bond acceptors (Lipinski definition) is 4. The van der Waals surface area contributed by atoms with Gasteiger partial charge in [0.25, 0.3) is 0 Å². The molecule has 5 nitrogen and oxygen atoms in total. The van der Waals surface area contributed by atoms with Crippen LogP contribution < -0.4 is 5.32 Å². The summed E-state index contributed by atoms with van der Waals surface area (Å²) in [6, 6.07) is 2.93. The lowest BCUT2D eigenvalue weighted by molar-refractivity contribution is -0.0569. The van der Waals surface area contributed by atoms with Crippen molar-refractivity contribution >= 4 is 5.97 Å². The fourth-order valence-electron chi connectivity index (χ4n) is 2.06. The predicted molar refractivity (Wildman–Crippen MR) is 56.2 cm³/mol. The SMILES string of the molecule is CC1CNCCC1(O)c1ccc(C(=O)O)o1. The number of piperidine rings is 1. The summed E-state index contributed by atoms with van der Waals surface area (Å²) in [6.07, 6.45) is 0.529. The second-order valence-electron chi connectivity index (χ2n) is 4.25. The van der Waals surface area contributed by atoms with Gasteiger partial charge in [0.2, 0.25) is 5.76 Å². The molecule has 1 aromatic heterocycles. The Morgan fingerprint density at radius 3 is 2.94 bits per heavy atom. The first-order valence-electron chi connectivity index (χ1n) is 5.31. The van der Waals surface area contributed by atoms with Gasteiger partial charge in [0.05, 0.1) is 0 Å². The molecular weight excluding hydrogens is 210 g/mol. The Hall–Kier alpha value is -1.33. The Labute approximate surface area is 93.1 Å². The molecule has 1 aliphatic rings. The number of aliphatic hydroxyl groups is 1. The quantitative estimate of drug-likeness (QED) is 0.693. The lowest BCUT2D eigenvalue weighted by Crippen LogP contribution is -2.46. The van der Waals surface area contributed by atoms with Crippen LogP contribution in [0.5, 0.6) is 0 Å². The Balaban J connectivity index is 2.30. The van der Waals surface area contributed by atoms with Crippen LogP contribution in [0, 0.1) is 5.92 Å². The molecule has 0 radical (unpaired) electrons. The van der Waals surface area contributed by atoms with Gasteiger partial charge in [-0.05, 0) is 25.1 Å².